The maximum Gasteiger partial charge on any atom is 0.181 e. The molecule has 0 saturated heterocycles. The van der Waals surface area contributed by atoms with Crippen molar-refractivity contribution in [3.63, 3.8) is 0 Å². The summed E-state index contributed by atoms with van der Waals surface area (Å²) in [5.74, 6) is 0.659. The lowest BCUT2D eigenvalue weighted by atomic mass is 10.5. The van der Waals surface area contributed by atoms with Crippen LogP contribution in [0.5, 0.6) is 0 Å². The Morgan fingerprint density at radius 1 is 1.21 bits per heavy atom. The standard InChI is InChI=1S/C7H5N7/c1-5-7(9-3-8-1)14(4-10-5)6-2-11-13-12-6/h1-4H,(H,11,12,13). The first-order valence-corrected chi connectivity index (χ1v) is 3.94. The zero-order valence-corrected chi connectivity index (χ0v) is 6.99. The zero-order chi connectivity index (χ0) is 9.38. The zero-order valence-electron chi connectivity index (χ0n) is 6.99. The van der Waals surface area contributed by atoms with Crippen LogP contribution in [0.2, 0.25) is 0 Å². The molecule has 0 fully saturated rings. The molecular weight excluding hydrogens is 182 g/mol. The van der Waals surface area contributed by atoms with Crippen LogP contribution >= 0.6 is 0 Å². The summed E-state index contributed by atoms with van der Waals surface area (Å²) >= 11 is 0. The lowest BCUT2D eigenvalue weighted by Crippen LogP contribution is -1.94. The number of hydrogen-bond donors (Lipinski definition) is 1. The molecule has 0 radical (unpaired) electrons. The third-order valence-electron chi connectivity index (χ3n) is 1.86. The molecule has 0 atom stereocenters. The summed E-state index contributed by atoms with van der Waals surface area (Å²) in [7, 11) is 0. The van der Waals surface area contributed by atoms with E-state index in [0.29, 0.717) is 11.5 Å². The minimum atomic E-state index is 0.659. The van der Waals surface area contributed by atoms with E-state index in [1.54, 1.807) is 23.3 Å². The molecule has 1 N–H and O–H groups in total. The van der Waals surface area contributed by atoms with Crippen molar-refractivity contribution < 1.29 is 0 Å². The Labute approximate surface area is 77.8 Å². The molecule has 7 heteroatoms. The quantitative estimate of drug-likeness (QED) is 0.576. The molecule has 0 amide bonds. The summed E-state index contributed by atoms with van der Waals surface area (Å²) in [4.78, 5) is 12.1. The first-order valence-electron chi connectivity index (χ1n) is 3.94. The first-order chi connectivity index (χ1) is 6.95. The normalized spacial score (nSPS) is 10.9. The van der Waals surface area contributed by atoms with Gasteiger partial charge in [-0.05, 0) is 0 Å². The number of hydrogen-bond acceptors (Lipinski definition) is 5. The molecule has 0 aliphatic heterocycles. The highest BCUT2D eigenvalue weighted by Gasteiger charge is 2.06. The molecule has 68 valence electrons. The first kappa shape index (κ1) is 7.13. The molecule has 3 rings (SSSR count). The number of imidazole rings is 1. The second-order valence-electron chi connectivity index (χ2n) is 2.67. The number of H-pyrrole nitrogens is 1. The van der Waals surface area contributed by atoms with Crippen LogP contribution in [-0.4, -0.2) is 34.9 Å². The van der Waals surface area contributed by atoms with Crippen LogP contribution in [-0.2, 0) is 0 Å². The average Bonchev–Trinajstić information content (AvgIpc) is 2.85. The van der Waals surface area contributed by atoms with E-state index >= 15 is 0 Å². The summed E-state index contributed by atoms with van der Waals surface area (Å²) in [5, 5.41) is 10.2. The van der Waals surface area contributed by atoms with Gasteiger partial charge in [0.15, 0.2) is 11.5 Å². The summed E-state index contributed by atoms with van der Waals surface area (Å²) in [6.07, 6.45) is 6.36. The molecule has 0 saturated carbocycles. The molecule has 3 aromatic heterocycles. The van der Waals surface area contributed by atoms with Crippen molar-refractivity contribution in [3.05, 3.63) is 25.0 Å². The average molecular weight is 187 g/mol. The van der Waals surface area contributed by atoms with E-state index < -0.39 is 0 Å². The van der Waals surface area contributed by atoms with Crippen LogP contribution in [0.25, 0.3) is 17.0 Å². The maximum absolute atomic E-state index is 4.13. The van der Waals surface area contributed by atoms with E-state index in [-0.39, 0.29) is 0 Å². The third kappa shape index (κ3) is 0.889. The smallest absolute Gasteiger partial charge is 0.181 e. The van der Waals surface area contributed by atoms with Crippen molar-refractivity contribution >= 4 is 11.2 Å². The molecule has 3 aromatic rings. The van der Waals surface area contributed by atoms with Gasteiger partial charge in [0.25, 0.3) is 0 Å². The van der Waals surface area contributed by atoms with Gasteiger partial charge < -0.3 is 0 Å². The third-order valence-corrected chi connectivity index (χ3v) is 1.86. The Morgan fingerprint density at radius 2 is 2.21 bits per heavy atom. The minimum Gasteiger partial charge on any atom is -0.264 e. The monoisotopic (exact) mass is 187 g/mol. The highest BCUT2D eigenvalue weighted by Crippen LogP contribution is 2.11. The number of nitrogens with zero attached hydrogens (tertiary/aromatic N) is 6. The van der Waals surface area contributed by atoms with Crippen molar-refractivity contribution in [1.29, 1.82) is 0 Å². The van der Waals surface area contributed by atoms with Gasteiger partial charge in [-0.2, -0.15) is 10.3 Å². The maximum atomic E-state index is 4.13. The van der Waals surface area contributed by atoms with Crippen LogP contribution < -0.4 is 0 Å². The van der Waals surface area contributed by atoms with E-state index in [2.05, 4.69) is 30.4 Å². The summed E-state index contributed by atoms with van der Waals surface area (Å²) in [6.45, 7) is 0. The lowest BCUT2D eigenvalue weighted by molar-refractivity contribution is 0.909. The number of aromatic amines is 1. The van der Waals surface area contributed by atoms with Crippen LogP contribution in [0.4, 0.5) is 0 Å². The lowest BCUT2D eigenvalue weighted by Gasteiger charge is -1.94. The van der Waals surface area contributed by atoms with Crippen LogP contribution in [0, 0.1) is 0 Å². The number of nitrogens with one attached hydrogen (secondary N) is 1. The van der Waals surface area contributed by atoms with Crippen molar-refractivity contribution in [2.75, 3.05) is 0 Å². The number of rotatable bonds is 1. The minimum absolute atomic E-state index is 0.659. The predicted octanol–water partition coefficient (Wildman–Crippen LogP) is -0.0664. The van der Waals surface area contributed by atoms with Crippen LogP contribution in [0.3, 0.4) is 0 Å². The Morgan fingerprint density at radius 3 is 3.07 bits per heavy atom. The van der Waals surface area contributed by atoms with Gasteiger partial charge >= 0.3 is 0 Å². The molecule has 0 unspecified atom stereocenters. The molecule has 0 aromatic carbocycles. The van der Waals surface area contributed by atoms with E-state index in [9.17, 15) is 0 Å². The van der Waals surface area contributed by atoms with E-state index in [1.807, 2.05) is 0 Å². The van der Waals surface area contributed by atoms with Gasteiger partial charge in [0.2, 0.25) is 0 Å². The highest BCUT2D eigenvalue weighted by atomic mass is 15.4. The topological polar surface area (TPSA) is 85.2 Å². The van der Waals surface area contributed by atoms with Gasteiger partial charge in [-0.15, -0.1) is 5.10 Å². The highest BCUT2D eigenvalue weighted by molar-refractivity contribution is 5.70. The molecule has 14 heavy (non-hydrogen) atoms. The Kier molecular flexibility index (Phi) is 1.32. The van der Waals surface area contributed by atoms with Gasteiger partial charge in [0.1, 0.15) is 18.2 Å². The molecule has 0 spiro atoms. The largest absolute Gasteiger partial charge is 0.264 e. The number of aromatic nitrogens is 7. The predicted molar refractivity (Wildman–Crippen MR) is 46.6 cm³/mol. The molecular formula is C7H5N7. The number of fused-ring (bicyclic) bond motifs is 1. The van der Waals surface area contributed by atoms with Gasteiger partial charge in [0, 0.05) is 0 Å². The fourth-order valence-corrected chi connectivity index (χ4v) is 1.25. The second-order valence-corrected chi connectivity index (χ2v) is 2.67. The SMILES string of the molecule is c1ncc2ncn(-c3cn[nH]n3)c2n1. The van der Waals surface area contributed by atoms with E-state index in [0.717, 1.165) is 5.52 Å². The van der Waals surface area contributed by atoms with Gasteiger partial charge in [-0.25, -0.2) is 15.0 Å². The molecule has 0 bridgehead atoms. The van der Waals surface area contributed by atoms with Crippen LogP contribution in [0.15, 0.2) is 25.0 Å². The van der Waals surface area contributed by atoms with Crippen molar-refractivity contribution in [3.8, 4) is 5.82 Å². The Hall–Kier alpha value is -2.31. The second kappa shape index (κ2) is 2.59. The Balaban J connectivity index is 2.33. The summed E-state index contributed by atoms with van der Waals surface area (Å²) < 4.78 is 1.74. The molecule has 0 aliphatic rings. The molecule has 3 heterocycles. The van der Waals surface area contributed by atoms with Crippen molar-refractivity contribution in [2.45, 2.75) is 0 Å². The Bertz CT molecular complexity index is 552. The molecule has 0 aliphatic carbocycles. The van der Waals surface area contributed by atoms with E-state index in [1.165, 1.54) is 6.33 Å². The van der Waals surface area contributed by atoms with Gasteiger partial charge in [-0.3, -0.25) is 4.57 Å². The van der Waals surface area contributed by atoms with Gasteiger partial charge in [-0.1, -0.05) is 0 Å². The van der Waals surface area contributed by atoms with Crippen molar-refractivity contribution in [2.24, 2.45) is 0 Å². The summed E-state index contributed by atoms with van der Waals surface area (Å²) in [6, 6.07) is 0. The van der Waals surface area contributed by atoms with Crippen molar-refractivity contribution in [1.82, 2.24) is 34.9 Å². The fourth-order valence-electron chi connectivity index (χ4n) is 1.25. The molecule has 7 nitrogen and oxygen atoms in total. The van der Waals surface area contributed by atoms with E-state index in [4.69, 9.17) is 0 Å². The van der Waals surface area contributed by atoms with Gasteiger partial charge in [0.05, 0.1) is 12.4 Å². The summed E-state index contributed by atoms with van der Waals surface area (Å²) in [5.41, 5.74) is 1.45. The van der Waals surface area contributed by atoms with Crippen LogP contribution in [0.1, 0.15) is 0 Å². The fraction of sp³-hybridized carbons (Fsp3) is 0.